The van der Waals surface area contributed by atoms with Crippen LogP contribution in [0.3, 0.4) is 0 Å². The summed E-state index contributed by atoms with van der Waals surface area (Å²) in [6, 6.07) is 8.64. The normalized spacial score (nSPS) is 10.7. The van der Waals surface area contributed by atoms with E-state index in [4.69, 9.17) is 0 Å². The topological polar surface area (TPSA) is 65.5 Å². The van der Waals surface area contributed by atoms with Crippen LogP contribution in [-0.2, 0) is 11.3 Å². The Bertz CT molecular complexity index is 786. The predicted octanol–water partition coefficient (Wildman–Crippen LogP) is 3.03. The Morgan fingerprint density at radius 2 is 1.77 bits per heavy atom. The highest BCUT2D eigenvalue weighted by Gasteiger charge is 2.07. The first-order valence-corrected chi connectivity index (χ1v) is 7.42. The molecule has 0 aliphatic heterocycles. The van der Waals surface area contributed by atoms with Crippen LogP contribution in [0.1, 0.15) is 5.56 Å². The smallest absolute Gasteiger partial charge is 0.243 e. The Morgan fingerprint density at radius 3 is 2.46 bits per heavy atom. The number of guanidine groups is 1. The summed E-state index contributed by atoms with van der Waals surface area (Å²) >= 11 is 0. The third-order valence-corrected chi connectivity index (χ3v) is 3.20. The molecular weight excluding hydrogens is 460 g/mol. The van der Waals surface area contributed by atoms with Gasteiger partial charge in [0.2, 0.25) is 5.91 Å². The van der Waals surface area contributed by atoms with E-state index in [1.165, 1.54) is 25.2 Å². The lowest BCUT2D eigenvalue weighted by atomic mass is 10.2. The van der Waals surface area contributed by atoms with Crippen molar-refractivity contribution >= 4 is 41.5 Å². The third kappa shape index (κ3) is 6.90. The lowest BCUT2D eigenvalue weighted by Gasteiger charge is -2.12. The average molecular weight is 478 g/mol. The highest BCUT2D eigenvalue weighted by Crippen LogP contribution is 2.09. The first kappa shape index (κ1) is 21.7. The second-order valence-electron chi connectivity index (χ2n) is 5.07. The van der Waals surface area contributed by atoms with Gasteiger partial charge in [-0.15, -0.1) is 24.0 Å². The molecule has 2 aromatic rings. The fraction of sp³-hybridized carbons (Fsp3) is 0.176. The third-order valence-electron chi connectivity index (χ3n) is 3.20. The monoisotopic (exact) mass is 478 g/mol. The van der Waals surface area contributed by atoms with Crippen LogP contribution in [0.15, 0.2) is 47.5 Å². The van der Waals surface area contributed by atoms with E-state index in [1.807, 2.05) is 0 Å². The number of hydrogen-bond acceptors (Lipinski definition) is 2. The molecule has 1 amide bonds. The second kappa shape index (κ2) is 10.6. The van der Waals surface area contributed by atoms with Gasteiger partial charge >= 0.3 is 0 Å². The zero-order valence-electron chi connectivity index (χ0n) is 13.9. The molecule has 0 atom stereocenters. The molecule has 0 spiro atoms. The van der Waals surface area contributed by atoms with Gasteiger partial charge < -0.3 is 16.0 Å². The van der Waals surface area contributed by atoms with Gasteiger partial charge in [0.25, 0.3) is 0 Å². The van der Waals surface area contributed by atoms with Gasteiger partial charge in [-0.25, -0.2) is 13.2 Å². The van der Waals surface area contributed by atoms with Crippen LogP contribution < -0.4 is 16.0 Å². The fourth-order valence-electron chi connectivity index (χ4n) is 2.01. The van der Waals surface area contributed by atoms with Gasteiger partial charge in [-0.05, 0) is 36.4 Å². The zero-order chi connectivity index (χ0) is 18.2. The van der Waals surface area contributed by atoms with Crippen molar-refractivity contribution in [2.45, 2.75) is 6.54 Å². The van der Waals surface area contributed by atoms with Crippen LogP contribution in [0.5, 0.6) is 0 Å². The predicted molar refractivity (Wildman–Crippen MR) is 105 cm³/mol. The molecule has 0 radical (unpaired) electrons. The average Bonchev–Trinajstić information content (AvgIpc) is 2.58. The number of nitrogens with zero attached hydrogens (tertiary/aromatic N) is 1. The largest absolute Gasteiger partial charge is 0.352 e. The minimum Gasteiger partial charge on any atom is -0.352 e. The summed E-state index contributed by atoms with van der Waals surface area (Å²) in [5.74, 6) is -1.73. The van der Waals surface area contributed by atoms with Gasteiger partial charge in [0, 0.05) is 24.8 Å². The first-order valence-electron chi connectivity index (χ1n) is 7.42. The molecule has 5 nitrogen and oxygen atoms in total. The summed E-state index contributed by atoms with van der Waals surface area (Å²) in [4.78, 5) is 15.7. The maximum atomic E-state index is 13.6. The van der Waals surface area contributed by atoms with Crippen molar-refractivity contribution in [1.29, 1.82) is 0 Å². The summed E-state index contributed by atoms with van der Waals surface area (Å²) in [5.41, 5.74) is 0.462. The van der Waals surface area contributed by atoms with Gasteiger partial charge in [0.1, 0.15) is 17.5 Å². The van der Waals surface area contributed by atoms with Crippen LogP contribution in [0.2, 0.25) is 0 Å². The highest BCUT2D eigenvalue weighted by atomic mass is 127. The molecule has 0 bridgehead atoms. The minimum atomic E-state index is -0.548. The molecule has 2 aromatic carbocycles. The van der Waals surface area contributed by atoms with Crippen molar-refractivity contribution in [3.63, 3.8) is 0 Å². The van der Waals surface area contributed by atoms with E-state index in [9.17, 15) is 18.0 Å². The first-order chi connectivity index (χ1) is 12.0. The molecular formula is C17H18F3IN4O. The molecule has 2 rings (SSSR count). The van der Waals surface area contributed by atoms with Crippen molar-refractivity contribution in [3.05, 3.63) is 65.5 Å². The van der Waals surface area contributed by atoms with Crippen LogP contribution >= 0.6 is 24.0 Å². The molecule has 0 aliphatic rings. The minimum absolute atomic E-state index is 0. The van der Waals surface area contributed by atoms with Crippen molar-refractivity contribution in [3.8, 4) is 0 Å². The van der Waals surface area contributed by atoms with Crippen molar-refractivity contribution in [2.24, 2.45) is 4.99 Å². The maximum Gasteiger partial charge on any atom is 0.243 e. The molecule has 0 saturated heterocycles. The molecule has 9 heteroatoms. The van der Waals surface area contributed by atoms with E-state index in [2.05, 4.69) is 20.9 Å². The number of carbonyl (C=O) groups excluding carboxylic acids is 1. The number of aliphatic imine (C=N–C) groups is 1. The summed E-state index contributed by atoms with van der Waals surface area (Å²) in [6.07, 6.45) is 0. The lowest BCUT2D eigenvalue weighted by Crippen LogP contribution is -2.41. The van der Waals surface area contributed by atoms with Gasteiger partial charge in [-0.2, -0.15) is 0 Å². The number of amides is 1. The highest BCUT2D eigenvalue weighted by molar-refractivity contribution is 14.0. The summed E-state index contributed by atoms with van der Waals surface area (Å²) in [6.45, 7) is -0.142. The van der Waals surface area contributed by atoms with Crippen LogP contribution in [0.25, 0.3) is 0 Å². The molecule has 140 valence electrons. The number of hydrogen-bond donors (Lipinski definition) is 3. The quantitative estimate of drug-likeness (QED) is 0.352. The van der Waals surface area contributed by atoms with Gasteiger partial charge in [0.15, 0.2) is 5.96 Å². The number of carbonyl (C=O) groups is 1. The maximum absolute atomic E-state index is 13.6. The molecule has 0 saturated carbocycles. The fourth-order valence-corrected chi connectivity index (χ4v) is 2.01. The molecule has 0 unspecified atom stereocenters. The molecule has 0 heterocycles. The Labute approximate surface area is 166 Å². The number of benzene rings is 2. The van der Waals surface area contributed by atoms with E-state index in [-0.39, 0.29) is 48.6 Å². The Hall–Kier alpha value is -2.30. The summed E-state index contributed by atoms with van der Waals surface area (Å²) < 4.78 is 39.7. The van der Waals surface area contributed by atoms with Crippen LogP contribution in [0, 0.1) is 17.5 Å². The van der Waals surface area contributed by atoms with Crippen LogP contribution in [0.4, 0.5) is 18.9 Å². The van der Waals surface area contributed by atoms with Crippen molar-refractivity contribution in [2.75, 3.05) is 18.9 Å². The van der Waals surface area contributed by atoms with Crippen LogP contribution in [-0.4, -0.2) is 25.5 Å². The van der Waals surface area contributed by atoms with E-state index in [0.717, 1.165) is 18.2 Å². The van der Waals surface area contributed by atoms with Crippen molar-refractivity contribution in [1.82, 2.24) is 10.6 Å². The molecule has 3 N–H and O–H groups in total. The van der Waals surface area contributed by atoms with Gasteiger partial charge in [-0.1, -0.05) is 6.07 Å². The number of rotatable bonds is 5. The number of nitrogens with one attached hydrogen (secondary N) is 3. The summed E-state index contributed by atoms with van der Waals surface area (Å²) in [7, 11) is 1.47. The summed E-state index contributed by atoms with van der Waals surface area (Å²) in [5, 5.41) is 8.02. The lowest BCUT2D eigenvalue weighted by molar-refractivity contribution is -0.115. The van der Waals surface area contributed by atoms with Crippen molar-refractivity contribution < 1.29 is 18.0 Å². The van der Waals surface area contributed by atoms with E-state index < -0.39 is 23.4 Å². The number of halogens is 4. The Morgan fingerprint density at radius 1 is 1.04 bits per heavy atom. The standard InChI is InChI=1S/C17H17F3N4O.HI/c1-21-17(22-9-11-7-13(19)5-6-15(11)20)23-10-16(25)24-14-4-2-3-12(18)8-14;/h2-8H,9-10H2,1H3,(H,24,25)(H2,21,22,23);1H. The SMILES string of the molecule is CN=C(NCC(=O)Nc1cccc(F)c1)NCc1cc(F)ccc1F.I. The second-order valence-corrected chi connectivity index (χ2v) is 5.07. The Balaban J connectivity index is 0.00000338. The van der Waals surface area contributed by atoms with Gasteiger partial charge in [0.05, 0.1) is 6.54 Å². The van der Waals surface area contributed by atoms with Gasteiger partial charge in [-0.3, -0.25) is 9.79 Å². The molecule has 0 aromatic heterocycles. The number of anilines is 1. The van der Waals surface area contributed by atoms with E-state index in [1.54, 1.807) is 6.07 Å². The molecule has 26 heavy (non-hydrogen) atoms. The van der Waals surface area contributed by atoms with E-state index in [0.29, 0.717) is 5.69 Å². The Kier molecular flexibility index (Phi) is 8.90. The molecule has 0 aliphatic carbocycles. The zero-order valence-corrected chi connectivity index (χ0v) is 16.2. The molecule has 0 fully saturated rings. The van der Waals surface area contributed by atoms with E-state index >= 15 is 0 Å².